The Morgan fingerprint density at radius 1 is 1.56 bits per heavy atom. The van der Waals surface area contributed by atoms with E-state index in [2.05, 4.69) is 18.7 Å². The number of carbonyl (C=O) groups is 1. The molecule has 1 rings (SSSR count). The molecule has 98 valence electrons. The van der Waals surface area contributed by atoms with Gasteiger partial charge in [-0.1, -0.05) is 36.4 Å². The molecule has 2 unspecified atom stereocenters. The standard InChI is InChI=1S/C14H19NO2S/c1-3-14(2,18-10-12(15)13(16)17)9-11-7-5-4-6-8-11/h3-8,12H,1,9-10,15H2,2H3,(H,16,17). The second-order valence-corrected chi connectivity index (χ2v) is 5.99. The zero-order chi connectivity index (χ0) is 13.6. The Bertz CT molecular complexity index is 408. The molecule has 0 amide bonds. The molecule has 0 fully saturated rings. The molecular weight excluding hydrogens is 246 g/mol. The molecular formula is C14H19NO2S. The van der Waals surface area contributed by atoms with Crippen LogP contribution in [0.25, 0.3) is 0 Å². The van der Waals surface area contributed by atoms with E-state index in [4.69, 9.17) is 10.8 Å². The first-order chi connectivity index (χ1) is 8.47. The first-order valence-corrected chi connectivity index (χ1v) is 6.75. The number of carboxylic acid groups (broad SMARTS) is 1. The van der Waals surface area contributed by atoms with Crippen molar-refractivity contribution < 1.29 is 9.90 Å². The molecule has 0 radical (unpaired) electrons. The largest absolute Gasteiger partial charge is 0.480 e. The molecule has 3 N–H and O–H groups in total. The lowest BCUT2D eigenvalue weighted by molar-refractivity contribution is -0.137. The number of hydrogen-bond donors (Lipinski definition) is 2. The van der Waals surface area contributed by atoms with Gasteiger partial charge in [0.15, 0.2) is 0 Å². The van der Waals surface area contributed by atoms with E-state index in [9.17, 15) is 4.79 Å². The van der Waals surface area contributed by atoms with Gasteiger partial charge in [0, 0.05) is 10.5 Å². The summed E-state index contributed by atoms with van der Waals surface area (Å²) < 4.78 is -0.200. The molecule has 1 aromatic rings. The molecule has 0 aliphatic heterocycles. The quantitative estimate of drug-likeness (QED) is 0.743. The van der Waals surface area contributed by atoms with Crippen molar-refractivity contribution in [3.8, 4) is 0 Å². The molecule has 18 heavy (non-hydrogen) atoms. The summed E-state index contributed by atoms with van der Waals surface area (Å²) in [6.45, 7) is 5.89. The van der Waals surface area contributed by atoms with Gasteiger partial charge in [0.25, 0.3) is 0 Å². The van der Waals surface area contributed by atoms with Crippen LogP contribution in [0.1, 0.15) is 12.5 Å². The fourth-order valence-corrected chi connectivity index (χ4v) is 2.62. The van der Waals surface area contributed by atoms with Crippen LogP contribution in [-0.2, 0) is 11.2 Å². The lowest BCUT2D eigenvalue weighted by Crippen LogP contribution is -2.35. The van der Waals surface area contributed by atoms with Crippen LogP contribution in [0.15, 0.2) is 43.0 Å². The van der Waals surface area contributed by atoms with Gasteiger partial charge in [-0.15, -0.1) is 18.3 Å². The molecule has 0 heterocycles. The van der Waals surface area contributed by atoms with Crippen LogP contribution in [0.3, 0.4) is 0 Å². The van der Waals surface area contributed by atoms with Crippen molar-refractivity contribution in [3.05, 3.63) is 48.6 Å². The summed E-state index contributed by atoms with van der Waals surface area (Å²) in [5, 5.41) is 8.78. The maximum Gasteiger partial charge on any atom is 0.321 e. The minimum absolute atomic E-state index is 0.200. The van der Waals surface area contributed by atoms with Crippen molar-refractivity contribution in [1.82, 2.24) is 0 Å². The van der Waals surface area contributed by atoms with Gasteiger partial charge in [-0.05, 0) is 18.9 Å². The van der Waals surface area contributed by atoms with Gasteiger partial charge in [0.05, 0.1) is 0 Å². The maximum atomic E-state index is 10.7. The molecule has 1 aromatic carbocycles. The third-order valence-corrected chi connectivity index (χ3v) is 4.24. The Hall–Kier alpha value is -1.26. The van der Waals surface area contributed by atoms with Crippen LogP contribution in [0, 0.1) is 0 Å². The van der Waals surface area contributed by atoms with Gasteiger partial charge in [-0.3, -0.25) is 4.79 Å². The highest BCUT2D eigenvalue weighted by atomic mass is 32.2. The van der Waals surface area contributed by atoms with Crippen molar-refractivity contribution in [1.29, 1.82) is 0 Å². The van der Waals surface area contributed by atoms with Gasteiger partial charge in [-0.2, -0.15) is 0 Å². The third kappa shape index (κ3) is 4.55. The second kappa shape index (κ2) is 6.61. The minimum Gasteiger partial charge on any atom is -0.480 e. The number of carboxylic acids is 1. The van der Waals surface area contributed by atoms with Gasteiger partial charge in [0.2, 0.25) is 0 Å². The monoisotopic (exact) mass is 265 g/mol. The summed E-state index contributed by atoms with van der Waals surface area (Å²) in [6, 6.07) is 9.24. The Labute approximate surface area is 112 Å². The minimum atomic E-state index is -0.964. The molecule has 0 saturated heterocycles. The number of nitrogens with two attached hydrogens (primary N) is 1. The highest BCUT2D eigenvalue weighted by molar-refractivity contribution is 8.00. The van der Waals surface area contributed by atoms with Crippen LogP contribution in [0.5, 0.6) is 0 Å². The fourth-order valence-electron chi connectivity index (χ4n) is 1.53. The molecule has 0 aromatic heterocycles. The average Bonchev–Trinajstić information content (AvgIpc) is 2.37. The van der Waals surface area contributed by atoms with E-state index in [-0.39, 0.29) is 4.75 Å². The number of benzene rings is 1. The van der Waals surface area contributed by atoms with Crippen LogP contribution in [0.2, 0.25) is 0 Å². The summed E-state index contributed by atoms with van der Waals surface area (Å²) in [5.74, 6) is -0.585. The van der Waals surface area contributed by atoms with Crippen LogP contribution in [0.4, 0.5) is 0 Å². The zero-order valence-corrected chi connectivity index (χ0v) is 11.3. The topological polar surface area (TPSA) is 63.3 Å². The summed E-state index contributed by atoms with van der Waals surface area (Å²) in [5.41, 5.74) is 6.72. The van der Waals surface area contributed by atoms with Gasteiger partial charge >= 0.3 is 5.97 Å². The Morgan fingerprint density at radius 2 is 2.17 bits per heavy atom. The lowest BCUT2D eigenvalue weighted by atomic mass is 10.0. The first kappa shape index (κ1) is 14.8. The normalized spacial score (nSPS) is 15.7. The molecule has 3 nitrogen and oxygen atoms in total. The number of aliphatic carboxylic acids is 1. The van der Waals surface area contributed by atoms with Crippen molar-refractivity contribution in [2.24, 2.45) is 5.73 Å². The Kier molecular flexibility index (Phi) is 5.44. The number of thioether (sulfide) groups is 1. The van der Waals surface area contributed by atoms with E-state index in [1.54, 1.807) is 0 Å². The van der Waals surface area contributed by atoms with Crippen LogP contribution >= 0.6 is 11.8 Å². The van der Waals surface area contributed by atoms with Crippen LogP contribution in [-0.4, -0.2) is 27.6 Å². The van der Waals surface area contributed by atoms with Crippen molar-refractivity contribution in [2.45, 2.75) is 24.1 Å². The Morgan fingerprint density at radius 3 is 2.67 bits per heavy atom. The SMILES string of the molecule is C=CC(C)(Cc1ccccc1)SCC(N)C(=O)O. The molecule has 0 aliphatic carbocycles. The third-order valence-electron chi connectivity index (χ3n) is 2.74. The number of rotatable bonds is 7. The summed E-state index contributed by atoms with van der Waals surface area (Å²) in [6.07, 6.45) is 2.67. The lowest BCUT2D eigenvalue weighted by Gasteiger charge is -2.26. The second-order valence-electron chi connectivity index (χ2n) is 4.43. The van der Waals surface area contributed by atoms with Crippen molar-refractivity contribution in [3.63, 3.8) is 0 Å². The number of hydrogen-bond acceptors (Lipinski definition) is 3. The van der Waals surface area contributed by atoms with Gasteiger partial charge < -0.3 is 10.8 Å². The summed E-state index contributed by atoms with van der Waals surface area (Å²) in [4.78, 5) is 10.7. The van der Waals surface area contributed by atoms with Crippen molar-refractivity contribution >= 4 is 17.7 Å². The van der Waals surface area contributed by atoms with E-state index in [0.29, 0.717) is 5.75 Å². The fraction of sp³-hybridized carbons (Fsp3) is 0.357. The molecule has 0 bridgehead atoms. The van der Waals surface area contributed by atoms with E-state index in [1.807, 2.05) is 31.2 Å². The smallest absolute Gasteiger partial charge is 0.321 e. The molecule has 0 saturated carbocycles. The average molecular weight is 265 g/mol. The van der Waals surface area contributed by atoms with Crippen molar-refractivity contribution in [2.75, 3.05) is 5.75 Å². The predicted octanol–water partition coefficient (Wildman–Crippen LogP) is 2.32. The highest BCUT2D eigenvalue weighted by Crippen LogP contribution is 2.30. The molecule has 0 spiro atoms. The predicted molar refractivity (Wildman–Crippen MR) is 76.8 cm³/mol. The highest BCUT2D eigenvalue weighted by Gasteiger charge is 2.24. The van der Waals surface area contributed by atoms with Gasteiger partial charge in [0.1, 0.15) is 6.04 Å². The maximum absolute atomic E-state index is 10.7. The first-order valence-electron chi connectivity index (χ1n) is 5.77. The van der Waals surface area contributed by atoms with E-state index < -0.39 is 12.0 Å². The Balaban J connectivity index is 2.62. The summed E-state index contributed by atoms with van der Waals surface area (Å²) in [7, 11) is 0. The zero-order valence-electron chi connectivity index (χ0n) is 10.5. The van der Waals surface area contributed by atoms with Gasteiger partial charge in [-0.25, -0.2) is 0 Å². The van der Waals surface area contributed by atoms with E-state index in [0.717, 1.165) is 6.42 Å². The molecule has 0 aliphatic rings. The molecule has 4 heteroatoms. The summed E-state index contributed by atoms with van der Waals surface area (Å²) >= 11 is 1.53. The van der Waals surface area contributed by atoms with E-state index >= 15 is 0 Å². The van der Waals surface area contributed by atoms with Crippen LogP contribution < -0.4 is 5.73 Å². The van der Waals surface area contributed by atoms with E-state index in [1.165, 1.54) is 17.3 Å². The molecule has 2 atom stereocenters.